The molecule has 0 unspecified atom stereocenters. The minimum Gasteiger partial charge on any atom is -0.349 e. The van der Waals surface area contributed by atoms with Crippen LogP contribution >= 0.6 is 0 Å². The fraction of sp³-hybridized carbons (Fsp3) is 0.444. The van der Waals surface area contributed by atoms with Gasteiger partial charge in [0.1, 0.15) is 0 Å². The quantitative estimate of drug-likeness (QED) is 0.946. The molecule has 2 aromatic heterocycles. The van der Waals surface area contributed by atoms with Gasteiger partial charge in [-0.3, -0.25) is 9.78 Å². The van der Waals surface area contributed by atoms with E-state index in [1.807, 2.05) is 12.1 Å². The van der Waals surface area contributed by atoms with E-state index in [1.165, 1.54) is 25.7 Å². The number of amides is 1. The van der Waals surface area contributed by atoms with E-state index in [1.54, 1.807) is 24.8 Å². The molecule has 2 heterocycles. The molecule has 2 aliphatic rings. The van der Waals surface area contributed by atoms with Gasteiger partial charge < -0.3 is 5.32 Å². The van der Waals surface area contributed by atoms with Crippen LogP contribution in [0.2, 0.25) is 0 Å². The number of pyridine rings is 1. The van der Waals surface area contributed by atoms with E-state index in [2.05, 4.69) is 20.3 Å². The predicted molar refractivity (Wildman–Crippen MR) is 86.6 cm³/mol. The Morgan fingerprint density at radius 1 is 1.09 bits per heavy atom. The lowest BCUT2D eigenvalue weighted by Gasteiger charge is -2.19. The maximum atomic E-state index is 12.4. The van der Waals surface area contributed by atoms with Gasteiger partial charge in [-0.15, -0.1) is 0 Å². The Kier molecular flexibility index (Phi) is 3.77. The van der Waals surface area contributed by atoms with Crippen LogP contribution in [-0.2, 0) is 0 Å². The molecule has 1 N–H and O–H groups in total. The van der Waals surface area contributed by atoms with Crippen LogP contribution in [0.3, 0.4) is 0 Å². The van der Waals surface area contributed by atoms with Crippen LogP contribution < -0.4 is 5.32 Å². The monoisotopic (exact) mass is 308 g/mol. The summed E-state index contributed by atoms with van der Waals surface area (Å²) in [6.45, 7) is 0. The van der Waals surface area contributed by atoms with Gasteiger partial charge in [0.25, 0.3) is 5.91 Å². The number of hydrogen-bond acceptors (Lipinski definition) is 4. The number of rotatable bonds is 3. The summed E-state index contributed by atoms with van der Waals surface area (Å²) in [5.74, 6) is 2.03. The normalized spacial score (nSPS) is 26.0. The third-order valence-corrected chi connectivity index (χ3v) is 5.23. The van der Waals surface area contributed by atoms with Crippen molar-refractivity contribution in [1.82, 2.24) is 20.3 Å². The van der Waals surface area contributed by atoms with E-state index in [-0.39, 0.29) is 5.91 Å². The van der Waals surface area contributed by atoms with Crippen molar-refractivity contribution in [2.45, 2.75) is 38.1 Å². The molecule has 5 nitrogen and oxygen atoms in total. The van der Waals surface area contributed by atoms with Crippen LogP contribution in [0.4, 0.5) is 0 Å². The lowest BCUT2D eigenvalue weighted by atomic mass is 9.97. The second kappa shape index (κ2) is 6.07. The van der Waals surface area contributed by atoms with E-state index in [9.17, 15) is 4.79 Å². The topological polar surface area (TPSA) is 67.8 Å². The SMILES string of the molecule is O=C(N[C@H]1CC[C@@H]2CCC[C@@H]21)c1cnc(-c2cccnc2)nc1. The first kappa shape index (κ1) is 14.3. The molecule has 0 aromatic carbocycles. The molecule has 1 amide bonds. The van der Waals surface area contributed by atoms with Gasteiger partial charge in [0.05, 0.1) is 5.56 Å². The molecule has 0 spiro atoms. The highest BCUT2D eigenvalue weighted by molar-refractivity contribution is 5.94. The third-order valence-electron chi connectivity index (χ3n) is 5.23. The number of carbonyl (C=O) groups is 1. The summed E-state index contributed by atoms with van der Waals surface area (Å²) >= 11 is 0. The van der Waals surface area contributed by atoms with Crippen LogP contribution in [0, 0.1) is 11.8 Å². The van der Waals surface area contributed by atoms with Crippen LogP contribution in [0.15, 0.2) is 36.9 Å². The molecule has 3 atom stereocenters. The van der Waals surface area contributed by atoms with Crippen LogP contribution in [0.5, 0.6) is 0 Å². The van der Waals surface area contributed by atoms with Crippen molar-refractivity contribution in [2.75, 3.05) is 0 Å². The summed E-state index contributed by atoms with van der Waals surface area (Å²) < 4.78 is 0. The highest BCUT2D eigenvalue weighted by Crippen LogP contribution is 2.43. The van der Waals surface area contributed by atoms with Crippen molar-refractivity contribution in [3.8, 4) is 11.4 Å². The van der Waals surface area contributed by atoms with Crippen molar-refractivity contribution < 1.29 is 4.79 Å². The Balaban J connectivity index is 1.45. The summed E-state index contributed by atoms with van der Waals surface area (Å²) in [5, 5.41) is 3.19. The molecule has 2 saturated carbocycles. The number of fused-ring (bicyclic) bond motifs is 1. The second-order valence-corrected chi connectivity index (χ2v) is 6.55. The molecule has 5 heteroatoms. The Morgan fingerprint density at radius 2 is 1.96 bits per heavy atom. The highest BCUT2D eigenvalue weighted by Gasteiger charge is 2.39. The molecule has 118 valence electrons. The van der Waals surface area contributed by atoms with Crippen LogP contribution in [0.1, 0.15) is 42.5 Å². The molecule has 0 radical (unpaired) electrons. The zero-order chi connectivity index (χ0) is 15.6. The van der Waals surface area contributed by atoms with Crippen LogP contribution in [0.25, 0.3) is 11.4 Å². The smallest absolute Gasteiger partial charge is 0.254 e. The van der Waals surface area contributed by atoms with Gasteiger partial charge in [-0.25, -0.2) is 9.97 Å². The minimum absolute atomic E-state index is 0.0553. The first-order valence-corrected chi connectivity index (χ1v) is 8.34. The van der Waals surface area contributed by atoms with Crippen molar-refractivity contribution in [3.05, 3.63) is 42.5 Å². The molecule has 2 aromatic rings. The molecule has 0 bridgehead atoms. The van der Waals surface area contributed by atoms with Gasteiger partial charge >= 0.3 is 0 Å². The summed E-state index contributed by atoms with van der Waals surface area (Å²) in [5.41, 5.74) is 1.38. The van der Waals surface area contributed by atoms with E-state index < -0.39 is 0 Å². The first-order valence-electron chi connectivity index (χ1n) is 8.34. The van der Waals surface area contributed by atoms with Crippen molar-refractivity contribution in [2.24, 2.45) is 11.8 Å². The molecule has 0 aliphatic heterocycles. The second-order valence-electron chi connectivity index (χ2n) is 6.55. The maximum absolute atomic E-state index is 12.4. The average molecular weight is 308 g/mol. The van der Waals surface area contributed by atoms with Gasteiger partial charge in [0, 0.05) is 36.4 Å². The predicted octanol–water partition coefficient (Wildman–Crippen LogP) is 2.85. The molecule has 4 rings (SSSR count). The fourth-order valence-corrected chi connectivity index (χ4v) is 4.08. The zero-order valence-corrected chi connectivity index (χ0v) is 13.0. The van der Waals surface area contributed by atoms with Crippen molar-refractivity contribution in [1.29, 1.82) is 0 Å². The van der Waals surface area contributed by atoms with E-state index in [0.29, 0.717) is 23.3 Å². The summed E-state index contributed by atoms with van der Waals surface area (Å²) in [6, 6.07) is 4.08. The average Bonchev–Trinajstić information content (AvgIpc) is 3.21. The standard InChI is InChI=1S/C18H20N4O/c23-18(22-16-7-6-12-3-1-5-15(12)16)14-10-20-17(21-11-14)13-4-2-8-19-9-13/h2,4,8-12,15-16H,1,3,5-7H2,(H,22,23)/t12-,15-,16-/m0/s1. The van der Waals surface area contributed by atoms with Gasteiger partial charge in [-0.1, -0.05) is 12.8 Å². The van der Waals surface area contributed by atoms with Gasteiger partial charge in [-0.2, -0.15) is 0 Å². The number of carbonyl (C=O) groups excluding carboxylic acids is 1. The van der Waals surface area contributed by atoms with E-state index >= 15 is 0 Å². The first-order chi connectivity index (χ1) is 11.3. The number of aromatic nitrogens is 3. The molecule has 2 aliphatic carbocycles. The molecular weight excluding hydrogens is 288 g/mol. The Hall–Kier alpha value is -2.30. The molecular formula is C18H20N4O. The minimum atomic E-state index is -0.0553. The highest BCUT2D eigenvalue weighted by atomic mass is 16.1. The lowest BCUT2D eigenvalue weighted by molar-refractivity contribution is 0.0925. The van der Waals surface area contributed by atoms with Gasteiger partial charge in [0.15, 0.2) is 5.82 Å². The van der Waals surface area contributed by atoms with Crippen molar-refractivity contribution in [3.63, 3.8) is 0 Å². The van der Waals surface area contributed by atoms with Crippen LogP contribution in [-0.4, -0.2) is 26.9 Å². The molecule has 0 saturated heterocycles. The molecule has 2 fully saturated rings. The van der Waals surface area contributed by atoms with E-state index in [0.717, 1.165) is 17.9 Å². The zero-order valence-electron chi connectivity index (χ0n) is 13.0. The summed E-state index contributed by atoms with van der Waals surface area (Å²) in [7, 11) is 0. The third kappa shape index (κ3) is 2.83. The summed E-state index contributed by atoms with van der Waals surface area (Å²) in [4.78, 5) is 25.1. The summed E-state index contributed by atoms with van der Waals surface area (Å²) in [6.07, 6.45) is 12.9. The number of nitrogens with one attached hydrogen (secondary N) is 1. The largest absolute Gasteiger partial charge is 0.349 e. The fourth-order valence-electron chi connectivity index (χ4n) is 4.08. The molecule has 23 heavy (non-hydrogen) atoms. The number of hydrogen-bond donors (Lipinski definition) is 1. The lowest BCUT2D eigenvalue weighted by Crippen LogP contribution is -2.37. The Morgan fingerprint density at radius 3 is 2.74 bits per heavy atom. The Labute approximate surface area is 135 Å². The number of nitrogens with zero attached hydrogens (tertiary/aromatic N) is 3. The van der Waals surface area contributed by atoms with E-state index in [4.69, 9.17) is 0 Å². The van der Waals surface area contributed by atoms with Gasteiger partial charge in [-0.05, 0) is 43.2 Å². The van der Waals surface area contributed by atoms with Gasteiger partial charge in [0.2, 0.25) is 0 Å². The van der Waals surface area contributed by atoms with Crippen molar-refractivity contribution >= 4 is 5.91 Å². The Bertz CT molecular complexity index is 686. The maximum Gasteiger partial charge on any atom is 0.254 e.